The van der Waals surface area contributed by atoms with Crippen LogP contribution in [-0.4, -0.2) is 25.0 Å². The average molecular weight is 296 g/mol. The summed E-state index contributed by atoms with van der Waals surface area (Å²) >= 11 is 0. The zero-order chi connectivity index (χ0) is 15.9. The van der Waals surface area contributed by atoms with Crippen molar-refractivity contribution >= 4 is 17.6 Å². The molecule has 0 radical (unpaired) electrons. The zero-order valence-electron chi connectivity index (χ0n) is 12.4. The number of para-hydroxylation sites is 1. The number of benzene rings is 1. The minimum atomic E-state index is -1.17. The van der Waals surface area contributed by atoms with Crippen LogP contribution in [0.4, 0.5) is 5.69 Å². The van der Waals surface area contributed by atoms with E-state index in [9.17, 15) is 14.9 Å². The lowest BCUT2D eigenvalue weighted by Crippen LogP contribution is -2.57. The molecule has 3 atom stereocenters. The number of rotatable bonds is 1. The first kappa shape index (κ1) is 14.3. The molecule has 2 aliphatic rings. The molecule has 1 heterocycles. The number of nitrogens with zero attached hydrogens (tertiary/aromatic N) is 2. The maximum absolute atomic E-state index is 12.7. The second-order valence-corrected chi connectivity index (χ2v) is 5.64. The van der Waals surface area contributed by atoms with Gasteiger partial charge >= 0.3 is 5.97 Å². The van der Waals surface area contributed by atoms with Gasteiger partial charge < -0.3 is 9.64 Å². The molecular weight excluding hydrogens is 280 g/mol. The third kappa shape index (κ3) is 1.77. The van der Waals surface area contributed by atoms with Crippen molar-refractivity contribution < 1.29 is 14.3 Å². The predicted molar refractivity (Wildman–Crippen MR) is 79.9 cm³/mol. The van der Waals surface area contributed by atoms with Gasteiger partial charge in [0.05, 0.1) is 12.0 Å². The van der Waals surface area contributed by atoms with Crippen molar-refractivity contribution in [2.24, 2.45) is 5.92 Å². The maximum Gasteiger partial charge on any atom is 0.303 e. The van der Waals surface area contributed by atoms with Crippen molar-refractivity contribution in [3.63, 3.8) is 0 Å². The van der Waals surface area contributed by atoms with E-state index in [1.54, 1.807) is 18.0 Å². The Morgan fingerprint density at radius 2 is 2.18 bits per heavy atom. The fraction of sp³-hybridized carbons (Fsp3) is 0.353. The van der Waals surface area contributed by atoms with Gasteiger partial charge in [0.1, 0.15) is 11.5 Å². The highest BCUT2D eigenvalue weighted by molar-refractivity contribution is 6.00. The normalized spacial score (nSPS) is 29.3. The highest BCUT2D eigenvalue weighted by Gasteiger charge is 2.57. The van der Waals surface area contributed by atoms with Crippen LogP contribution in [0, 0.1) is 17.2 Å². The first-order chi connectivity index (χ1) is 10.5. The number of anilines is 1. The second kappa shape index (κ2) is 4.99. The number of carbonyl (C=O) groups excluding carboxylic acids is 2. The maximum atomic E-state index is 12.7. The van der Waals surface area contributed by atoms with Crippen LogP contribution in [0.15, 0.2) is 36.4 Å². The number of esters is 1. The third-order valence-electron chi connectivity index (χ3n) is 4.50. The van der Waals surface area contributed by atoms with E-state index in [0.29, 0.717) is 12.1 Å². The molecule has 1 aromatic rings. The summed E-state index contributed by atoms with van der Waals surface area (Å²) in [6.07, 6.45) is 3.24. The summed E-state index contributed by atoms with van der Waals surface area (Å²) in [6, 6.07) is 9.62. The van der Waals surface area contributed by atoms with E-state index >= 15 is 0 Å². The Morgan fingerprint density at radius 3 is 2.86 bits per heavy atom. The Kier molecular flexibility index (Phi) is 3.25. The first-order valence-electron chi connectivity index (χ1n) is 7.14. The summed E-state index contributed by atoms with van der Waals surface area (Å²) in [5.74, 6) is -1.14. The van der Waals surface area contributed by atoms with Crippen LogP contribution in [0.5, 0.6) is 0 Å². The summed E-state index contributed by atoms with van der Waals surface area (Å²) in [4.78, 5) is 25.7. The first-order valence-corrected chi connectivity index (χ1v) is 7.14. The predicted octanol–water partition coefficient (Wildman–Crippen LogP) is 1.93. The molecule has 0 unspecified atom stereocenters. The van der Waals surface area contributed by atoms with Crippen LogP contribution in [0.2, 0.25) is 0 Å². The summed E-state index contributed by atoms with van der Waals surface area (Å²) < 4.78 is 5.38. The van der Waals surface area contributed by atoms with Gasteiger partial charge in [0.25, 0.3) is 0 Å². The van der Waals surface area contributed by atoms with Crippen molar-refractivity contribution in [1.82, 2.24) is 0 Å². The molecule has 0 fully saturated rings. The summed E-state index contributed by atoms with van der Waals surface area (Å²) in [5.41, 5.74) is 0.263. The van der Waals surface area contributed by atoms with E-state index in [4.69, 9.17) is 4.74 Å². The summed E-state index contributed by atoms with van der Waals surface area (Å²) in [5, 5.41) is 9.97. The van der Waals surface area contributed by atoms with Crippen molar-refractivity contribution in [2.45, 2.75) is 24.9 Å². The van der Waals surface area contributed by atoms with Crippen molar-refractivity contribution in [1.29, 1.82) is 5.26 Å². The minimum absolute atomic E-state index is 0.123. The molecule has 112 valence electrons. The molecule has 1 amide bonds. The lowest BCUT2D eigenvalue weighted by atomic mass is 9.61. The Morgan fingerprint density at radius 1 is 1.45 bits per heavy atom. The molecule has 0 bridgehead atoms. The Hall–Kier alpha value is -2.61. The average Bonchev–Trinajstić information content (AvgIpc) is 2.52. The molecular formula is C17H16N2O3. The molecule has 5 nitrogen and oxygen atoms in total. The number of allylic oxidation sites excluding steroid dienone is 1. The van der Waals surface area contributed by atoms with E-state index in [2.05, 4.69) is 6.07 Å². The van der Waals surface area contributed by atoms with Crippen LogP contribution in [0.1, 0.15) is 18.9 Å². The highest BCUT2D eigenvalue weighted by Crippen LogP contribution is 2.49. The molecule has 5 heteroatoms. The number of hydrogen-bond donors (Lipinski definition) is 0. The number of nitriles is 1. The van der Waals surface area contributed by atoms with Gasteiger partial charge in [0, 0.05) is 25.2 Å². The number of ether oxygens (including phenoxy) is 1. The van der Waals surface area contributed by atoms with Gasteiger partial charge in [-0.05, 0) is 18.6 Å². The van der Waals surface area contributed by atoms with Gasteiger partial charge in [-0.3, -0.25) is 9.59 Å². The van der Waals surface area contributed by atoms with Crippen LogP contribution in [0.3, 0.4) is 0 Å². The van der Waals surface area contributed by atoms with E-state index in [-0.39, 0.29) is 5.91 Å². The monoisotopic (exact) mass is 296 g/mol. The van der Waals surface area contributed by atoms with Crippen LogP contribution >= 0.6 is 0 Å². The molecule has 0 spiro atoms. The van der Waals surface area contributed by atoms with Gasteiger partial charge in [-0.15, -0.1) is 0 Å². The Labute approximate surface area is 128 Å². The lowest BCUT2D eigenvalue weighted by Gasteiger charge is -2.47. The fourth-order valence-electron chi connectivity index (χ4n) is 3.49. The zero-order valence-corrected chi connectivity index (χ0v) is 12.4. The lowest BCUT2D eigenvalue weighted by molar-refractivity contribution is -0.149. The number of fused-ring (bicyclic) bond motifs is 3. The van der Waals surface area contributed by atoms with Gasteiger partial charge in [-0.1, -0.05) is 24.3 Å². The summed E-state index contributed by atoms with van der Waals surface area (Å²) in [7, 11) is 1.71. The molecule has 1 aromatic carbocycles. The number of amides is 1. The van der Waals surface area contributed by atoms with Crippen LogP contribution < -0.4 is 4.90 Å². The standard InChI is InChI=1S/C17H16N2O3/c1-11(20)22-15-9-5-7-13-16(21)19(2)14-8-4-3-6-12(14)17(13,15)10-18/h3-6,8-9,13,15H,7H2,1-2H3/t13-,15-,17+/m1/s1. The van der Waals surface area contributed by atoms with Crippen LogP contribution in [0.25, 0.3) is 0 Å². The fourth-order valence-corrected chi connectivity index (χ4v) is 3.49. The SMILES string of the molecule is CC(=O)O[C@@H]1C=CC[C@@H]2C(=O)N(C)c3ccccc3[C@@]21C#N. The molecule has 0 aromatic heterocycles. The van der Waals surface area contributed by atoms with Crippen molar-refractivity contribution in [2.75, 3.05) is 11.9 Å². The largest absolute Gasteiger partial charge is 0.456 e. The number of carbonyl (C=O) groups is 2. The Balaban J connectivity index is 2.27. The van der Waals surface area contributed by atoms with E-state index in [1.165, 1.54) is 6.92 Å². The number of hydrogen-bond acceptors (Lipinski definition) is 4. The molecule has 3 rings (SSSR count). The van der Waals surface area contributed by atoms with Gasteiger partial charge in [0.2, 0.25) is 5.91 Å². The highest BCUT2D eigenvalue weighted by atomic mass is 16.5. The minimum Gasteiger partial charge on any atom is -0.456 e. The molecule has 0 saturated carbocycles. The third-order valence-corrected chi connectivity index (χ3v) is 4.50. The molecule has 1 aliphatic carbocycles. The van der Waals surface area contributed by atoms with E-state index < -0.39 is 23.4 Å². The smallest absolute Gasteiger partial charge is 0.303 e. The Bertz CT molecular complexity index is 719. The molecule has 0 N–H and O–H groups in total. The van der Waals surface area contributed by atoms with Gasteiger partial charge in [0.15, 0.2) is 0 Å². The van der Waals surface area contributed by atoms with Crippen molar-refractivity contribution in [3.8, 4) is 6.07 Å². The van der Waals surface area contributed by atoms with Crippen molar-refractivity contribution in [3.05, 3.63) is 42.0 Å². The van der Waals surface area contributed by atoms with Crippen LogP contribution in [-0.2, 0) is 19.7 Å². The quantitative estimate of drug-likeness (QED) is 0.586. The van der Waals surface area contributed by atoms with E-state index in [1.807, 2.05) is 30.3 Å². The molecule has 22 heavy (non-hydrogen) atoms. The molecule has 1 aliphatic heterocycles. The van der Waals surface area contributed by atoms with Gasteiger partial charge in [-0.25, -0.2) is 0 Å². The van der Waals surface area contributed by atoms with Gasteiger partial charge in [-0.2, -0.15) is 5.26 Å². The topological polar surface area (TPSA) is 70.4 Å². The summed E-state index contributed by atoms with van der Waals surface area (Å²) in [6.45, 7) is 1.31. The van der Waals surface area contributed by atoms with E-state index in [0.717, 1.165) is 5.56 Å². The second-order valence-electron chi connectivity index (χ2n) is 5.64. The molecule has 0 saturated heterocycles.